The monoisotopic (exact) mass is 611 g/mol. The fraction of sp³-hybridized carbons (Fsp3) is 0.219. The molecule has 6 aromatic rings. The number of halogens is 1. The van der Waals surface area contributed by atoms with Crippen LogP contribution in [0.15, 0.2) is 73.3 Å². The third kappa shape index (κ3) is 5.91. The first-order valence-electron chi connectivity index (χ1n) is 14.3. The molecule has 1 fully saturated rings. The molecule has 12 heteroatoms. The summed E-state index contributed by atoms with van der Waals surface area (Å²) in [6.07, 6.45) is 10.2. The smallest absolute Gasteiger partial charge is 0.209 e. The predicted molar refractivity (Wildman–Crippen MR) is 168 cm³/mol. The van der Waals surface area contributed by atoms with Crippen molar-refractivity contribution in [1.29, 1.82) is 0 Å². The van der Waals surface area contributed by atoms with E-state index in [1.54, 1.807) is 24.7 Å². The zero-order valence-corrected chi connectivity index (χ0v) is 24.7. The number of ether oxygens (including phenoxy) is 1. The summed E-state index contributed by atoms with van der Waals surface area (Å²) in [5.41, 5.74) is 6.88. The van der Waals surface area contributed by atoms with Crippen LogP contribution in [0.2, 0.25) is 0 Å². The summed E-state index contributed by atoms with van der Waals surface area (Å²) in [5.74, 6) is 0.288. The molecular weight excluding hydrogens is 581 g/mol. The number of pyridine rings is 2. The van der Waals surface area contributed by atoms with Crippen molar-refractivity contribution in [3.8, 4) is 39.4 Å². The van der Waals surface area contributed by atoms with Crippen LogP contribution in [-0.2, 0) is 16.6 Å². The minimum absolute atomic E-state index is 0.0183. The Kier molecular flexibility index (Phi) is 7.32. The zero-order valence-electron chi connectivity index (χ0n) is 23.9. The van der Waals surface area contributed by atoms with Crippen LogP contribution >= 0.6 is 0 Å². The number of fused-ring (bicyclic) bond motifs is 2. The van der Waals surface area contributed by atoms with Crippen molar-refractivity contribution in [2.24, 2.45) is 0 Å². The number of hydrogen-bond donors (Lipinski definition) is 4. The van der Waals surface area contributed by atoms with Gasteiger partial charge in [0, 0.05) is 40.8 Å². The first-order chi connectivity index (χ1) is 21.3. The molecule has 5 heterocycles. The van der Waals surface area contributed by atoms with Gasteiger partial charge in [0.1, 0.15) is 23.4 Å². The highest BCUT2D eigenvalue weighted by molar-refractivity contribution is 7.88. The van der Waals surface area contributed by atoms with E-state index in [1.165, 1.54) is 12.1 Å². The first kappa shape index (κ1) is 28.1. The van der Waals surface area contributed by atoms with Gasteiger partial charge in [-0.15, -0.1) is 0 Å². The molecule has 44 heavy (non-hydrogen) atoms. The number of H-pyrrole nitrogens is 2. The Morgan fingerprint density at radius 2 is 1.75 bits per heavy atom. The molecule has 2 aromatic carbocycles. The summed E-state index contributed by atoms with van der Waals surface area (Å²) >= 11 is 0. The topological polar surface area (TPSA) is 138 Å². The maximum absolute atomic E-state index is 14.6. The molecular formula is C32H30FN7O3S. The second-order valence-electron chi connectivity index (χ2n) is 11.1. The largest absolute Gasteiger partial charge is 0.489 e. The lowest BCUT2D eigenvalue weighted by Crippen LogP contribution is -2.34. The number of aromatic nitrogens is 5. The standard InChI is InChI=1S/C32H30FN7O3S/c1-44(41,42)37-14-19-8-21(10-23(33)9-19)28-17-36-18-31-26(28)13-30(38-31)32-27-12-20(2-3-29(27)39-40-32)22-11-25(16-35-15-22)43-24-4-6-34-7-5-24/h2-3,8-13,15-18,24,34,37-38H,4-7,14H2,1H3,(H,39,40). The molecule has 1 saturated heterocycles. The highest BCUT2D eigenvalue weighted by Gasteiger charge is 2.17. The molecule has 4 aromatic heterocycles. The Morgan fingerprint density at radius 1 is 0.909 bits per heavy atom. The second-order valence-corrected chi connectivity index (χ2v) is 12.9. The number of nitrogens with one attached hydrogen (secondary N) is 4. The Labute approximate surface area is 253 Å². The fourth-order valence-electron chi connectivity index (χ4n) is 5.68. The van der Waals surface area contributed by atoms with E-state index in [0.29, 0.717) is 16.7 Å². The highest BCUT2D eigenvalue weighted by Crippen LogP contribution is 2.35. The van der Waals surface area contributed by atoms with E-state index in [9.17, 15) is 12.8 Å². The average molecular weight is 612 g/mol. The maximum Gasteiger partial charge on any atom is 0.209 e. The van der Waals surface area contributed by atoms with Gasteiger partial charge in [-0.1, -0.05) is 6.07 Å². The van der Waals surface area contributed by atoms with Crippen molar-refractivity contribution in [1.82, 2.24) is 35.2 Å². The number of hydrogen-bond acceptors (Lipinski definition) is 7. The van der Waals surface area contributed by atoms with Gasteiger partial charge in [0.2, 0.25) is 10.0 Å². The highest BCUT2D eigenvalue weighted by atomic mass is 32.2. The first-order valence-corrected chi connectivity index (χ1v) is 16.2. The van der Waals surface area contributed by atoms with Crippen LogP contribution in [0.4, 0.5) is 4.39 Å². The molecule has 0 radical (unpaired) electrons. The van der Waals surface area contributed by atoms with Gasteiger partial charge in [-0.2, -0.15) is 5.10 Å². The van der Waals surface area contributed by atoms with Crippen LogP contribution in [0.25, 0.3) is 55.4 Å². The third-order valence-electron chi connectivity index (χ3n) is 7.81. The SMILES string of the molecule is CS(=O)(=O)NCc1cc(F)cc(-c2cncc3[nH]c(-c4n[nH]c5ccc(-c6cncc(OC7CCNCC7)c6)cc45)cc23)c1. The van der Waals surface area contributed by atoms with Gasteiger partial charge in [0.25, 0.3) is 0 Å². The molecule has 0 amide bonds. The third-order valence-corrected chi connectivity index (χ3v) is 8.47. The minimum Gasteiger partial charge on any atom is -0.489 e. The molecule has 224 valence electrons. The number of sulfonamides is 1. The molecule has 0 spiro atoms. The van der Waals surface area contributed by atoms with Crippen molar-refractivity contribution >= 4 is 31.8 Å². The molecule has 4 N–H and O–H groups in total. The quantitative estimate of drug-likeness (QED) is 0.187. The summed E-state index contributed by atoms with van der Waals surface area (Å²) in [4.78, 5) is 12.2. The minimum atomic E-state index is -3.43. The van der Waals surface area contributed by atoms with Crippen molar-refractivity contribution in [3.63, 3.8) is 0 Å². The zero-order chi connectivity index (χ0) is 30.3. The average Bonchev–Trinajstić information content (AvgIpc) is 3.64. The fourth-order valence-corrected chi connectivity index (χ4v) is 6.11. The summed E-state index contributed by atoms with van der Waals surface area (Å²) in [6.45, 7) is 1.89. The summed E-state index contributed by atoms with van der Waals surface area (Å²) < 4.78 is 46.4. The number of benzene rings is 2. The predicted octanol–water partition coefficient (Wildman–Crippen LogP) is 5.15. The normalized spacial score (nSPS) is 14.4. The van der Waals surface area contributed by atoms with Gasteiger partial charge >= 0.3 is 0 Å². The van der Waals surface area contributed by atoms with E-state index in [1.807, 2.05) is 30.5 Å². The Hall–Kier alpha value is -4.65. The molecule has 10 nitrogen and oxygen atoms in total. The van der Waals surface area contributed by atoms with Gasteiger partial charge < -0.3 is 15.0 Å². The van der Waals surface area contributed by atoms with Gasteiger partial charge in [0.15, 0.2) is 0 Å². The molecule has 1 aliphatic heterocycles. The molecule has 0 saturated carbocycles. The molecule has 1 aliphatic rings. The van der Waals surface area contributed by atoms with Crippen LogP contribution in [0, 0.1) is 5.82 Å². The Morgan fingerprint density at radius 3 is 2.59 bits per heavy atom. The maximum atomic E-state index is 14.6. The van der Waals surface area contributed by atoms with Crippen LogP contribution in [0.5, 0.6) is 5.75 Å². The number of aromatic amines is 2. The second kappa shape index (κ2) is 11.5. The summed E-state index contributed by atoms with van der Waals surface area (Å²) in [7, 11) is -3.43. The van der Waals surface area contributed by atoms with E-state index in [-0.39, 0.29) is 12.6 Å². The van der Waals surface area contributed by atoms with Crippen LogP contribution in [0.1, 0.15) is 18.4 Å². The Balaban J connectivity index is 1.23. The van der Waals surface area contributed by atoms with Crippen molar-refractivity contribution in [2.75, 3.05) is 19.3 Å². The van der Waals surface area contributed by atoms with Gasteiger partial charge in [-0.3, -0.25) is 15.1 Å². The van der Waals surface area contributed by atoms with Gasteiger partial charge in [0.05, 0.1) is 35.4 Å². The molecule has 0 atom stereocenters. The summed E-state index contributed by atoms with van der Waals surface area (Å²) in [6, 6.07) is 14.6. The van der Waals surface area contributed by atoms with E-state index < -0.39 is 15.8 Å². The Bertz CT molecular complexity index is 2100. The van der Waals surface area contributed by atoms with E-state index >= 15 is 0 Å². The van der Waals surface area contributed by atoms with Crippen molar-refractivity contribution in [2.45, 2.75) is 25.5 Å². The number of nitrogens with zero attached hydrogens (tertiary/aromatic N) is 3. The van der Waals surface area contributed by atoms with E-state index in [0.717, 1.165) is 82.3 Å². The van der Waals surface area contributed by atoms with E-state index in [4.69, 9.17) is 4.74 Å². The lowest BCUT2D eigenvalue weighted by atomic mass is 10.0. The molecule has 7 rings (SSSR count). The number of rotatable bonds is 8. The van der Waals surface area contributed by atoms with Crippen LogP contribution < -0.4 is 14.8 Å². The van der Waals surface area contributed by atoms with E-state index in [2.05, 4.69) is 41.3 Å². The van der Waals surface area contributed by atoms with Crippen molar-refractivity contribution < 1.29 is 17.5 Å². The van der Waals surface area contributed by atoms with Crippen LogP contribution in [0.3, 0.4) is 0 Å². The van der Waals surface area contributed by atoms with Crippen LogP contribution in [-0.4, -0.2) is 59.0 Å². The molecule has 0 bridgehead atoms. The lowest BCUT2D eigenvalue weighted by molar-refractivity contribution is 0.162. The lowest BCUT2D eigenvalue weighted by Gasteiger charge is -2.23. The molecule has 0 aliphatic carbocycles. The van der Waals surface area contributed by atoms with Gasteiger partial charge in [-0.05, 0) is 85.1 Å². The van der Waals surface area contributed by atoms with Crippen molar-refractivity contribution in [3.05, 3.63) is 84.7 Å². The number of piperidine rings is 1. The summed E-state index contributed by atoms with van der Waals surface area (Å²) in [5, 5.41) is 12.9. The molecule has 0 unspecified atom stereocenters. The van der Waals surface area contributed by atoms with Gasteiger partial charge in [-0.25, -0.2) is 17.5 Å².